The number of ether oxygens (including phenoxy) is 2. The van der Waals surface area contributed by atoms with Crippen LogP contribution in [0, 0.1) is 5.92 Å². The number of nitrogens with two attached hydrogens (primary N) is 1. The quantitative estimate of drug-likeness (QED) is 0.775. The fourth-order valence-electron chi connectivity index (χ4n) is 2.69. The van der Waals surface area contributed by atoms with Crippen molar-refractivity contribution in [2.45, 2.75) is 38.3 Å². The molecule has 0 aromatic rings. The Labute approximate surface area is 109 Å². The minimum absolute atomic E-state index is 0.0678. The topological polar surface area (TPSA) is 64.8 Å². The monoisotopic (exact) mass is 256 g/mol. The third kappa shape index (κ3) is 3.22. The molecule has 1 amide bonds. The Morgan fingerprint density at radius 2 is 2.00 bits per heavy atom. The molecule has 0 bridgehead atoms. The highest BCUT2D eigenvalue weighted by atomic mass is 16.5. The predicted octanol–water partition coefficient (Wildman–Crippen LogP) is 0.378. The molecule has 2 aliphatic heterocycles. The van der Waals surface area contributed by atoms with Gasteiger partial charge in [-0.1, -0.05) is 0 Å². The van der Waals surface area contributed by atoms with Gasteiger partial charge in [0.25, 0.3) is 0 Å². The van der Waals surface area contributed by atoms with Gasteiger partial charge in [0.15, 0.2) is 0 Å². The number of hydrogen-bond donors (Lipinski definition) is 1. The van der Waals surface area contributed by atoms with Crippen LogP contribution in [0.3, 0.4) is 0 Å². The lowest BCUT2D eigenvalue weighted by atomic mass is 9.91. The van der Waals surface area contributed by atoms with Crippen molar-refractivity contribution in [3.8, 4) is 0 Å². The van der Waals surface area contributed by atoms with Gasteiger partial charge in [0.1, 0.15) is 0 Å². The first-order chi connectivity index (χ1) is 8.49. The largest absolute Gasteiger partial charge is 0.381 e. The fourth-order valence-corrected chi connectivity index (χ4v) is 2.69. The van der Waals surface area contributed by atoms with E-state index in [0.29, 0.717) is 19.7 Å². The molecule has 0 radical (unpaired) electrons. The van der Waals surface area contributed by atoms with Crippen LogP contribution in [0.25, 0.3) is 0 Å². The first-order valence-electron chi connectivity index (χ1n) is 6.76. The number of hydrogen-bond acceptors (Lipinski definition) is 4. The lowest BCUT2D eigenvalue weighted by Crippen LogP contribution is -2.56. The van der Waals surface area contributed by atoms with E-state index in [1.54, 1.807) is 0 Å². The second-order valence-corrected chi connectivity index (χ2v) is 5.84. The standard InChI is InChI=1S/C13H24N2O3/c1-13(2)9-15(5-8-18-13)12(16)11(14)10-3-6-17-7-4-10/h10-11H,3-9,14H2,1-2H3. The molecule has 2 heterocycles. The summed E-state index contributed by atoms with van der Waals surface area (Å²) in [5.41, 5.74) is 5.86. The van der Waals surface area contributed by atoms with Crippen LogP contribution in [0.2, 0.25) is 0 Å². The third-order valence-corrected chi connectivity index (χ3v) is 3.80. The van der Waals surface area contributed by atoms with Gasteiger partial charge in [-0.15, -0.1) is 0 Å². The Morgan fingerprint density at radius 1 is 1.33 bits per heavy atom. The molecule has 104 valence electrons. The van der Waals surface area contributed by atoms with Crippen molar-refractivity contribution in [2.24, 2.45) is 11.7 Å². The number of carbonyl (C=O) groups excluding carboxylic acids is 1. The first-order valence-corrected chi connectivity index (χ1v) is 6.76. The summed E-state index contributed by atoms with van der Waals surface area (Å²) >= 11 is 0. The van der Waals surface area contributed by atoms with E-state index in [0.717, 1.165) is 26.1 Å². The van der Waals surface area contributed by atoms with Crippen LogP contribution in [0.1, 0.15) is 26.7 Å². The summed E-state index contributed by atoms with van der Waals surface area (Å²) in [4.78, 5) is 14.2. The van der Waals surface area contributed by atoms with Gasteiger partial charge < -0.3 is 20.1 Å². The van der Waals surface area contributed by atoms with Crippen LogP contribution < -0.4 is 5.73 Å². The molecule has 0 saturated carbocycles. The minimum Gasteiger partial charge on any atom is -0.381 e. The molecule has 0 aliphatic carbocycles. The minimum atomic E-state index is -0.386. The SMILES string of the molecule is CC1(C)CN(C(=O)C(N)C2CCOCC2)CCO1. The van der Waals surface area contributed by atoms with E-state index in [9.17, 15) is 4.79 Å². The summed E-state index contributed by atoms with van der Waals surface area (Å²) in [6, 6.07) is -0.386. The van der Waals surface area contributed by atoms with E-state index < -0.39 is 0 Å². The Balaban J connectivity index is 1.93. The van der Waals surface area contributed by atoms with E-state index in [-0.39, 0.29) is 23.5 Å². The van der Waals surface area contributed by atoms with Crippen molar-refractivity contribution in [3.63, 3.8) is 0 Å². The van der Waals surface area contributed by atoms with Gasteiger partial charge in [0.2, 0.25) is 5.91 Å². The smallest absolute Gasteiger partial charge is 0.239 e. The van der Waals surface area contributed by atoms with Gasteiger partial charge in [-0.3, -0.25) is 4.79 Å². The highest BCUT2D eigenvalue weighted by Crippen LogP contribution is 2.22. The van der Waals surface area contributed by atoms with Gasteiger partial charge in [0, 0.05) is 26.3 Å². The van der Waals surface area contributed by atoms with Crippen molar-refractivity contribution in [3.05, 3.63) is 0 Å². The van der Waals surface area contributed by atoms with Gasteiger partial charge >= 0.3 is 0 Å². The molecular weight excluding hydrogens is 232 g/mol. The van der Waals surface area contributed by atoms with E-state index in [2.05, 4.69) is 0 Å². The zero-order valence-electron chi connectivity index (χ0n) is 11.4. The second kappa shape index (κ2) is 5.55. The molecular formula is C13H24N2O3. The summed E-state index contributed by atoms with van der Waals surface area (Å²) in [5, 5.41) is 0. The molecule has 0 spiro atoms. The van der Waals surface area contributed by atoms with Gasteiger partial charge in [-0.25, -0.2) is 0 Å². The van der Waals surface area contributed by atoms with E-state index in [4.69, 9.17) is 15.2 Å². The molecule has 2 saturated heterocycles. The lowest BCUT2D eigenvalue weighted by molar-refractivity contribution is -0.149. The van der Waals surface area contributed by atoms with Crippen LogP contribution in [0.4, 0.5) is 0 Å². The summed E-state index contributed by atoms with van der Waals surface area (Å²) in [6.45, 7) is 7.33. The zero-order valence-corrected chi connectivity index (χ0v) is 11.4. The molecule has 2 aliphatic rings. The number of morpholine rings is 1. The average Bonchev–Trinajstić information content (AvgIpc) is 2.37. The normalized spacial score (nSPS) is 26.9. The summed E-state index contributed by atoms with van der Waals surface area (Å²) in [6.07, 6.45) is 1.78. The number of rotatable bonds is 2. The molecule has 2 N–H and O–H groups in total. The Bertz CT molecular complexity index is 301. The number of amides is 1. The molecule has 2 fully saturated rings. The van der Waals surface area contributed by atoms with Crippen LogP contribution >= 0.6 is 0 Å². The molecule has 5 heteroatoms. The van der Waals surface area contributed by atoms with Crippen LogP contribution in [-0.4, -0.2) is 55.4 Å². The molecule has 1 unspecified atom stereocenters. The molecule has 0 aromatic carbocycles. The first kappa shape index (κ1) is 13.8. The summed E-state index contributed by atoms with van der Waals surface area (Å²) in [7, 11) is 0. The van der Waals surface area contributed by atoms with E-state index >= 15 is 0 Å². The van der Waals surface area contributed by atoms with Crippen molar-refractivity contribution >= 4 is 5.91 Å². The zero-order chi connectivity index (χ0) is 13.2. The highest BCUT2D eigenvalue weighted by molar-refractivity contribution is 5.82. The van der Waals surface area contributed by atoms with Crippen LogP contribution in [-0.2, 0) is 14.3 Å². The van der Waals surface area contributed by atoms with Crippen LogP contribution in [0.5, 0.6) is 0 Å². The summed E-state index contributed by atoms with van der Waals surface area (Å²) in [5.74, 6) is 0.329. The fraction of sp³-hybridized carbons (Fsp3) is 0.923. The van der Waals surface area contributed by atoms with E-state index in [1.807, 2.05) is 18.7 Å². The molecule has 1 atom stereocenters. The maximum Gasteiger partial charge on any atom is 0.239 e. The number of carbonyl (C=O) groups is 1. The maximum atomic E-state index is 12.4. The van der Waals surface area contributed by atoms with Crippen molar-refractivity contribution in [1.82, 2.24) is 4.90 Å². The van der Waals surface area contributed by atoms with Crippen LogP contribution in [0.15, 0.2) is 0 Å². The lowest BCUT2D eigenvalue weighted by Gasteiger charge is -2.40. The van der Waals surface area contributed by atoms with Gasteiger partial charge in [0.05, 0.1) is 18.2 Å². The third-order valence-electron chi connectivity index (χ3n) is 3.80. The predicted molar refractivity (Wildman–Crippen MR) is 68.1 cm³/mol. The maximum absolute atomic E-state index is 12.4. The molecule has 2 rings (SSSR count). The Morgan fingerprint density at radius 3 is 2.61 bits per heavy atom. The number of nitrogens with zero attached hydrogens (tertiary/aromatic N) is 1. The summed E-state index contributed by atoms with van der Waals surface area (Å²) < 4.78 is 10.9. The highest BCUT2D eigenvalue weighted by Gasteiger charge is 2.35. The second-order valence-electron chi connectivity index (χ2n) is 5.84. The average molecular weight is 256 g/mol. The molecule has 0 aromatic heterocycles. The van der Waals surface area contributed by atoms with Crippen molar-refractivity contribution in [2.75, 3.05) is 32.9 Å². The molecule has 5 nitrogen and oxygen atoms in total. The Kier molecular flexibility index (Phi) is 4.25. The van der Waals surface area contributed by atoms with E-state index in [1.165, 1.54) is 0 Å². The van der Waals surface area contributed by atoms with Gasteiger partial charge in [-0.05, 0) is 32.6 Å². The Hall–Kier alpha value is -0.650. The molecule has 18 heavy (non-hydrogen) atoms. The van der Waals surface area contributed by atoms with Crippen molar-refractivity contribution < 1.29 is 14.3 Å². The van der Waals surface area contributed by atoms with Crippen molar-refractivity contribution in [1.29, 1.82) is 0 Å². The van der Waals surface area contributed by atoms with Gasteiger partial charge in [-0.2, -0.15) is 0 Å².